The number of hydrazone groups is 1. The first-order valence-corrected chi connectivity index (χ1v) is 12.4. The van der Waals surface area contributed by atoms with Crippen LogP contribution in [0.5, 0.6) is 28.7 Å². The fourth-order valence-corrected chi connectivity index (χ4v) is 3.43. The molecule has 0 saturated carbocycles. The number of carbonyl (C=O) groups excluding carboxylic acids is 3. The molecule has 0 fully saturated rings. The quantitative estimate of drug-likeness (QED) is 0.143. The van der Waals surface area contributed by atoms with E-state index in [0.717, 1.165) is 0 Å². The van der Waals surface area contributed by atoms with Gasteiger partial charge < -0.3 is 29.0 Å². The molecular formula is C29H31N3O8. The molecule has 0 saturated heterocycles. The molecule has 0 heterocycles. The lowest BCUT2D eigenvalue weighted by Gasteiger charge is -2.11. The van der Waals surface area contributed by atoms with E-state index in [2.05, 4.69) is 15.8 Å². The lowest BCUT2D eigenvalue weighted by Crippen LogP contribution is -2.34. The summed E-state index contributed by atoms with van der Waals surface area (Å²) in [6.07, 6.45) is 1.40. The lowest BCUT2D eigenvalue weighted by molar-refractivity contribution is -0.120. The van der Waals surface area contributed by atoms with Gasteiger partial charge in [-0.3, -0.25) is 9.59 Å². The molecule has 3 aromatic rings. The summed E-state index contributed by atoms with van der Waals surface area (Å²) in [5, 5.41) is 6.43. The van der Waals surface area contributed by atoms with E-state index in [-0.39, 0.29) is 12.3 Å². The Morgan fingerprint density at radius 2 is 1.45 bits per heavy atom. The molecule has 0 radical (unpaired) electrons. The van der Waals surface area contributed by atoms with Gasteiger partial charge in [0.25, 0.3) is 11.8 Å². The average molecular weight is 550 g/mol. The van der Waals surface area contributed by atoms with Crippen molar-refractivity contribution in [3.8, 4) is 28.7 Å². The van der Waals surface area contributed by atoms with Gasteiger partial charge in [0.1, 0.15) is 5.75 Å². The summed E-state index contributed by atoms with van der Waals surface area (Å²) >= 11 is 0. The second kappa shape index (κ2) is 14.8. The van der Waals surface area contributed by atoms with Gasteiger partial charge in [-0.1, -0.05) is 0 Å². The third kappa shape index (κ3) is 8.22. The number of benzene rings is 3. The summed E-state index contributed by atoms with van der Waals surface area (Å²) < 4.78 is 26.9. The number of nitrogens with zero attached hydrogens (tertiary/aromatic N) is 1. The molecule has 0 bridgehead atoms. The molecule has 0 unspecified atom stereocenters. The highest BCUT2D eigenvalue weighted by molar-refractivity contribution is 5.97. The number of ether oxygens (including phenoxy) is 5. The first kappa shape index (κ1) is 29.5. The van der Waals surface area contributed by atoms with Crippen molar-refractivity contribution in [2.45, 2.75) is 13.8 Å². The van der Waals surface area contributed by atoms with Gasteiger partial charge in [0, 0.05) is 5.56 Å². The topological polar surface area (TPSA) is 134 Å². The molecule has 0 spiro atoms. The van der Waals surface area contributed by atoms with Crippen LogP contribution in [0.4, 0.5) is 0 Å². The fourth-order valence-electron chi connectivity index (χ4n) is 3.43. The first-order valence-electron chi connectivity index (χ1n) is 12.4. The predicted octanol–water partition coefficient (Wildman–Crippen LogP) is 3.60. The van der Waals surface area contributed by atoms with Gasteiger partial charge in [-0.25, -0.2) is 10.2 Å². The van der Waals surface area contributed by atoms with Gasteiger partial charge in [0.2, 0.25) is 0 Å². The van der Waals surface area contributed by atoms with Crippen molar-refractivity contribution >= 4 is 24.0 Å². The van der Waals surface area contributed by atoms with Crippen LogP contribution < -0.4 is 34.4 Å². The highest BCUT2D eigenvalue weighted by atomic mass is 16.6. The summed E-state index contributed by atoms with van der Waals surface area (Å²) in [6.45, 7) is 4.25. The van der Waals surface area contributed by atoms with Crippen molar-refractivity contribution in [2.75, 3.05) is 34.0 Å². The Bertz CT molecular complexity index is 1360. The van der Waals surface area contributed by atoms with Crippen molar-refractivity contribution in [3.63, 3.8) is 0 Å². The van der Waals surface area contributed by atoms with Crippen molar-refractivity contribution in [3.05, 3.63) is 77.4 Å². The van der Waals surface area contributed by atoms with Crippen LogP contribution in [0.15, 0.2) is 65.8 Å². The minimum Gasteiger partial charge on any atom is -0.494 e. The summed E-state index contributed by atoms with van der Waals surface area (Å²) in [4.78, 5) is 37.1. The molecule has 3 aromatic carbocycles. The molecule has 3 rings (SSSR count). The van der Waals surface area contributed by atoms with Crippen LogP contribution in [-0.2, 0) is 4.79 Å². The van der Waals surface area contributed by atoms with E-state index in [4.69, 9.17) is 23.7 Å². The second-order valence-corrected chi connectivity index (χ2v) is 8.03. The molecule has 11 nitrogen and oxygen atoms in total. The summed E-state index contributed by atoms with van der Waals surface area (Å²) in [6, 6.07) is 16.1. The Kier molecular flexibility index (Phi) is 10.9. The van der Waals surface area contributed by atoms with E-state index < -0.39 is 17.8 Å². The summed E-state index contributed by atoms with van der Waals surface area (Å²) in [5.74, 6) is 0.565. The third-order valence-electron chi connectivity index (χ3n) is 5.33. The van der Waals surface area contributed by atoms with Gasteiger partial charge in [-0.15, -0.1) is 0 Å². The highest BCUT2D eigenvalue weighted by Crippen LogP contribution is 2.29. The fraction of sp³-hybridized carbons (Fsp3) is 0.241. The first-order chi connectivity index (χ1) is 19.4. The Labute approximate surface area is 232 Å². The molecule has 0 aromatic heterocycles. The number of nitrogens with one attached hydrogen (secondary N) is 2. The second-order valence-electron chi connectivity index (χ2n) is 8.03. The van der Waals surface area contributed by atoms with Gasteiger partial charge in [0.05, 0.1) is 45.8 Å². The standard InChI is InChI=1S/C29H31N3O8/c1-5-38-22-11-8-20(9-12-22)29(35)40-24-13-7-19(15-26(24)39-6-2)17-31-32-27(33)18-30-28(34)21-10-14-23(36-3)25(16-21)37-4/h7-17H,5-6,18H2,1-4H3,(H,30,34)(H,32,33). The third-order valence-corrected chi connectivity index (χ3v) is 5.33. The molecule has 40 heavy (non-hydrogen) atoms. The number of methoxy groups -OCH3 is 2. The van der Waals surface area contributed by atoms with E-state index in [1.54, 1.807) is 61.5 Å². The Morgan fingerprint density at radius 1 is 0.775 bits per heavy atom. The average Bonchev–Trinajstić information content (AvgIpc) is 2.97. The molecule has 0 aliphatic rings. The van der Waals surface area contributed by atoms with Gasteiger partial charge in [-0.2, -0.15) is 5.10 Å². The Hall–Kier alpha value is -5.06. The Balaban J connectivity index is 1.56. The van der Waals surface area contributed by atoms with Crippen molar-refractivity contribution < 1.29 is 38.1 Å². The van der Waals surface area contributed by atoms with Gasteiger partial charge in [-0.05, 0) is 80.1 Å². The molecule has 0 aliphatic carbocycles. The maximum atomic E-state index is 12.6. The molecular weight excluding hydrogens is 518 g/mol. The number of rotatable bonds is 13. The Morgan fingerprint density at radius 3 is 2.12 bits per heavy atom. The molecule has 210 valence electrons. The van der Waals surface area contributed by atoms with Crippen molar-refractivity contribution in [2.24, 2.45) is 5.10 Å². The van der Waals surface area contributed by atoms with E-state index >= 15 is 0 Å². The maximum Gasteiger partial charge on any atom is 0.343 e. The van der Waals surface area contributed by atoms with Crippen LogP contribution in [0.2, 0.25) is 0 Å². The smallest absolute Gasteiger partial charge is 0.343 e. The number of carbonyl (C=O) groups is 3. The van der Waals surface area contributed by atoms with Gasteiger partial charge in [0.15, 0.2) is 23.0 Å². The zero-order chi connectivity index (χ0) is 28.9. The van der Waals surface area contributed by atoms with Crippen molar-refractivity contribution in [1.82, 2.24) is 10.7 Å². The number of hydrogen-bond donors (Lipinski definition) is 2. The highest BCUT2D eigenvalue weighted by Gasteiger charge is 2.14. The number of esters is 1. The number of hydrogen-bond acceptors (Lipinski definition) is 9. The van der Waals surface area contributed by atoms with Crippen LogP contribution in [0.1, 0.15) is 40.1 Å². The molecule has 0 atom stereocenters. The van der Waals surface area contributed by atoms with Crippen LogP contribution in [0.3, 0.4) is 0 Å². The summed E-state index contributed by atoms with van der Waals surface area (Å²) in [5.41, 5.74) is 3.59. The van der Waals surface area contributed by atoms with Crippen LogP contribution in [0.25, 0.3) is 0 Å². The zero-order valence-corrected chi connectivity index (χ0v) is 22.7. The van der Waals surface area contributed by atoms with E-state index in [0.29, 0.717) is 52.9 Å². The van der Waals surface area contributed by atoms with E-state index in [1.165, 1.54) is 26.5 Å². The monoisotopic (exact) mass is 549 g/mol. The minimum absolute atomic E-state index is 0.236. The van der Waals surface area contributed by atoms with Crippen LogP contribution >= 0.6 is 0 Å². The zero-order valence-electron chi connectivity index (χ0n) is 22.7. The minimum atomic E-state index is -0.548. The van der Waals surface area contributed by atoms with E-state index in [1.807, 2.05) is 6.92 Å². The van der Waals surface area contributed by atoms with Crippen LogP contribution in [0, 0.1) is 0 Å². The normalized spacial score (nSPS) is 10.5. The molecule has 11 heteroatoms. The summed E-state index contributed by atoms with van der Waals surface area (Å²) in [7, 11) is 2.96. The molecule has 0 aliphatic heterocycles. The molecule has 2 amide bonds. The van der Waals surface area contributed by atoms with Gasteiger partial charge >= 0.3 is 5.97 Å². The molecule has 2 N–H and O–H groups in total. The largest absolute Gasteiger partial charge is 0.494 e. The predicted molar refractivity (Wildman–Crippen MR) is 148 cm³/mol. The lowest BCUT2D eigenvalue weighted by atomic mass is 10.2. The maximum absolute atomic E-state index is 12.6. The number of amides is 2. The van der Waals surface area contributed by atoms with E-state index in [9.17, 15) is 14.4 Å². The van der Waals surface area contributed by atoms with Crippen molar-refractivity contribution in [1.29, 1.82) is 0 Å². The SMILES string of the molecule is CCOc1ccc(C(=O)Oc2ccc(C=NNC(=O)CNC(=O)c3ccc(OC)c(OC)c3)cc2OCC)cc1. The van der Waals surface area contributed by atoms with Crippen LogP contribution in [-0.4, -0.2) is 58.0 Å².